The molecule has 2 aromatic carbocycles. The number of para-hydroxylation sites is 1. The summed E-state index contributed by atoms with van der Waals surface area (Å²) in [7, 11) is 0. The van der Waals surface area contributed by atoms with Gasteiger partial charge in [0.05, 0.1) is 0 Å². The van der Waals surface area contributed by atoms with Crippen molar-refractivity contribution in [1.29, 1.82) is 0 Å². The standard InChI is InChI=1S/C16H16O2/c1-13(12-17)11-14-7-9-16(10-8-14)18-15-5-3-2-4-6-15/h2-10,12-13H,11H2,1H3. The van der Waals surface area contributed by atoms with Gasteiger partial charge >= 0.3 is 0 Å². The predicted octanol–water partition coefficient (Wildman–Crippen LogP) is 3.86. The van der Waals surface area contributed by atoms with E-state index in [1.54, 1.807) is 0 Å². The van der Waals surface area contributed by atoms with E-state index in [1.807, 2.05) is 61.5 Å². The number of ether oxygens (including phenoxy) is 1. The maximum atomic E-state index is 10.6. The highest BCUT2D eigenvalue weighted by molar-refractivity contribution is 5.53. The highest BCUT2D eigenvalue weighted by Crippen LogP contribution is 2.21. The Morgan fingerprint density at radius 2 is 1.61 bits per heavy atom. The Morgan fingerprint density at radius 3 is 2.22 bits per heavy atom. The van der Waals surface area contributed by atoms with Gasteiger partial charge in [0.2, 0.25) is 0 Å². The number of carbonyl (C=O) groups is 1. The molecule has 0 aliphatic carbocycles. The van der Waals surface area contributed by atoms with Gasteiger partial charge in [-0.15, -0.1) is 0 Å². The second-order valence-electron chi connectivity index (χ2n) is 4.38. The molecule has 18 heavy (non-hydrogen) atoms. The molecule has 0 saturated heterocycles. The van der Waals surface area contributed by atoms with Crippen LogP contribution in [0, 0.1) is 5.92 Å². The summed E-state index contributed by atoms with van der Waals surface area (Å²) in [6.45, 7) is 1.92. The summed E-state index contributed by atoms with van der Waals surface area (Å²) in [6, 6.07) is 17.5. The summed E-state index contributed by atoms with van der Waals surface area (Å²) < 4.78 is 5.70. The highest BCUT2D eigenvalue weighted by atomic mass is 16.5. The Balaban J connectivity index is 2.02. The van der Waals surface area contributed by atoms with Crippen molar-refractivity contribution in [2.24, 2.45) is 5.92 Å². The molecule has 0 fully saturated rings. The first-order chi connectivity index (χ1) is 8.78. The summed E-state index contributed by atoms with van der Waals surface area (Å²) in [5, 5.41) is 0. The van der Waals surface area contributed by atoms with Crippen LogP contribution in [0.15, 0.2) is 54.6 Å². The van der Waals surface area contributed by atoms with Crippen LogP contribution in [-0.2, 0) is 11.2 Å². The molecule has 0 N–H and O–H groups in total. The van der Waals surface area contributed by atoms with Gasteiger partial charge in [-0.1, -0.05) is 37.3 Å². The van der Waals surface area contributed by atoms with Crippen LogP contribution in [0.4, 0.5) is 0 Å². The van der Waals surface area contributed by atoms with Gasteiger partial charge in [-0.3, -0.25) is 0 Å². The molecule has 0 spiro atoms. The quantitative estimate of drug-likeness (QED) is 0.742. The fourth-order valence-electron chi connectivity index (χ4n) is 1.74. The van der Waals surface area contributed by atoms with E-state index in [4.69, 9.17) is 4.74 Å². The monoisotopic (exact) mass is 240 g/mol. The van der Waals surface area contributed by atoms with Crippen molar-refractivity contribution in [3.8, 4) is 11.5 Å². The van der Waals surface area contributed by atoms with Crippen LogP contribution in [0.1, 0.15) is 12.5 Å². The van der Waals surface area contributed by atoms with Gasteiger partial charge in [-0.25, -0.2) is 0 Å². The number of carbonyl (C=O) groups excluding carboxylic acids is 1. The first kappa shape index (κ1) is 12.4. The zero-order valence-corrected chi connectivity index (χ0v) is 10.4. The molecule has 0 aliphatic rings. The van der Waals surface area contributed by atoms with E-state index in [9.17, 15) is 4.79 Å². The van der Waals surface area contributed by atoms with Gasteiger partial charge in [-0.05, 0) is 36.2 Å². The Hall–Kier alpha value is -2.09. The fourth-order valence-corrected chi connectivity index (χ4v) is 1.74. The zero-order chi connectivity index (χ0) is 12.8. The van der Waals surface area contributed by atoms with Crippen molar-refractivity contribution >= 4 is 6.29 Å². The first-order valence-electron chi connectivity index (χ1n) is 6.05. The Morgan fingerprint density at radius 1 is 1.00 bits per heavy atom. The third-order valence-electron chi connectivity index (χ3n) is 2.69. The minimum absolute atomic E-state index is 0.0610. The number of hydrogen-bond donors (Lipinski definition) is 0. The maximum absolute atomic E-state index is 10.6. The molecule has 1 unspecified atom stereocenters. The van der Waals surface area contributed by atoms with Crippen LogP contribution >= 0.6 is 0 Å². The van der Waals surface area contributed by atoms with Gasteiger partial charge in [0.25, 0.3) is 0 Å². The smallest absolute Gasteiger partial charge is 0.127 e. The lowest BCUT2D eigenvalue weighted by molar-refractivity contribution is -0.110. The normalized spacial score (nSPS) is 11.8. The van der Waals surface area contributed by atoms with Gasteiger partial charge in [0.15, 0.2) is 0 Å². The number of aldehydes is 1. The van der Waals surface area contributed by atoms with E-state index in [1.165, 1.54) is 0 Å². The molecule has 0 radical (unpaired) electrons. The van der Waals surface area contributed by atoms with Crippen molar-refractivity contribution in [3.63, 3.8) is 0 Å². The van der Waals surface area contributed by atoms with Crippen LogP contribution in [0.3, 0.4) is 0 Å². The average Bonchev–Trinajstić information content (AvgIpc) is 2.42. The van der Waals surface area contributed by atoms with Crippen LogP contribution in [-0.4, -0.2) is 6.29 Å². The van der Waals surface area contributed by atoms with E-state index in [0.29, 0.717) is 0 Å². The lowest BCUT2D eigenvalue weighted by Crippen LogP contribution is -2.00. The summed E-state index contributed by atoms with van der Waals surface area (Å²) in [6.07, 6.45) is 1.75. The largest absolute Gasteiger partial charge is 0.457 e. The Labute approximate surface area is 107 Å². The molecule has 0 aromatic heterocycles. The Kier molecular flexibility index (Phi) is 4.13. The molecule has 2 rings (SSSR count). The summed E-state index contributed by atoms with van der Waals surface area (Å²) in [5.41, 5.74) is 1.15. The third-order valence-corrected chi connectivity index (χ3v) is 2.69. The second kappa shape index (κ2) is 6.01. The second-order valence-corrected chi connectivity index (χ2v) is 4.38. The molecule has 0 aliphatic heterocycles. The number of rotatable bonds is 5. The van der Waals surface area contributed by atoms with Gasteiger partial charge < -0.3 is 9.53 Å². The minimum atomic E-state index is 0.0610. The van der Waals surface area contributed by atoms with Gasteiger partial charge in [0.1, 0.15) is 17.8 Å². The predicted molar refractivity (Wildman–Crippen MR) is 71.9 cm³/mol. The molecule has 0 amide bonds. The van der Waals surface area contributed by atoms with Crippen LogP contribution < -0.4 is 4.74 Å². The third kappa shape index (κ3) is 3.45. The zero-order valence-electron chi connectivity index (χ0n) is 10.4. The average molecular weight is 240 g/mol. The summed E-state index contributed by atoms with van der Waals surface area (Å²) in [5.74, 6) is 1.70. The van der Waals surface area contributed by atoms with Crippen molar-refractivity contribution < 1.29 is 9.53 Å². The molecule has 2 heteroatoms. The first-order valence-corrected chi connectivity index (χ1v) is 6.05. The van der Waals surface area contributed by atoms with E-state index in [-0.39, 0.29) is 5.92 Å². The number of benzene rings is 2. The van der Waals surface area contributed by atoms with Crippen molar-refractivity contribution in [3.05, 3.63) is 60.2 Å². The minimum Gasteiger partial charge on any atom is -0.457 e. The molecule has 0 bridgehead atoms. The molecule has 2 nitrogen and oxygen atoms in total. The van der Waals surface area contributed by atoms with E-state index in [0.717, 1.165) is 29.8 Å². The lowest BCUT2D eigenvalue weighted by Gasteiger charge is -2.07. The Bertz CT molecular complexity index is 488. The molecule has 2 aromatic rings. The highest BCUT2D eigenvalue weighted by Gasteiger charge is 2.02. The molecular weight excluding hydrogens is 224 g/mol. The molecule has 1 atom stereocenters. The van der Waals surface area contributed by atoms with Crippen LogP contribution in [0.25, 0.3) is 0 Å². The van der Waals surface area contributed by atoms with Crippen LogP contribution in [0.5, 0.6) is 11.5 Å². The number of hydrogen-bond acceptors (Lipinski definition) is 2. The molecule has 0 saturated carbocycles. The van der Waals surface area contributed by atoms with Crippen LogP contribution in [0.2, 0.25) is 0 Å². The van der Waals surface area contributed by atoms with E-state index >= 15 is 0 Å². The summed E-state index contributed by atoms with van der Waals surface area (Å²) >= 11 is 0. The topological polar surface area (TPSA) is 26.3 Å². The SMILES string of the molecule is CC(C=O)Cc1ccc(Oc2ccccc2)cc1. The lowest BCUT2D eigenvalue weighted by atomic mass is 10.0. The van der Waals surface area contributed by atoms with Crippen molar-refractivity contribution in [1.82, 2.24) is 0 Å². The maximum Gasteiger partial charge on any atom is 0.127 e. The molecular formula is C16H16O2. The van der Waals surface area contributed by atoms with Crippen molar-refractivity contribution in [2.45, 2.75) is 13.3 Å². The van der Waals surface area contributed by atoms with Crippen molar-refractivity contribution in [2.75, 3.05) is 0 Å². The summed E-state index contributed by atoms with van der Waals surface area (Å²) in [4.78, 5) is 10.6. The van der Waals surface area contributed by atoms with E-state index < -0.39 is 0 Å². The van der Waals surface area contributed by atoms with E-state index in [2.05, 4.69) is 0 Å². The molecule has 0 heterocycles. The van der Waals surface area contributed by atoms with Gasteiger partial charge in [-0.2, -0.15) is 0 Å². The fraction of sp³-hybridized carbons (Fsp3) is 0.188. The van der Waals surface area contributed by atoms with Gasteiger partial charge in [0, 0.05) is 5.92 Å². The molecule has 92 valence electrons.